The standard InChI is InChI=1S/C20H13N5O4/c26-19(13-8-10-14(11-9-13)25(27)28)22-16-6-2-1-5-15(16)20-23-18(24-29-20)17-7-3-4-12-21-17/h1-12H,(H,22,26). The molecule has 0 aliphatic carbocycles. The minimum Gasteiger partial charge on any atom is -0.333 e. The molecule has 0 atom stereocenters. The van der Waals surface area contributed by atoms with Crippen LogP contribution in [0, 0.1) is 10.1 Å². The van der Waals surface area contributed by atoms with Gasteiger partial charge in [-0.1, -0.05) is 23.4 Å². The highest BCUT2D eigenvalue weighted by Gasteiger charge is 2.17. The summed E-state index contributed by atoms with van der Waals surface area (Å²) in [6.45, 7) is 0. The van der Waals surface area contributed by atoms with Crippen molar-refractivity contribution < 1.29 is 14.2 Å². The minimum atomic E-state index is -0.522. The van der Waals surface area contributed by atoms with E-state index in [2.05, 4.69) is 20.4 Å². The Bertz CT molecular complexity index is 1170. The summed E-state index contributed by atoms with van der Waals surface area (Å²) in [5, 5.41) is 17.5. The number of aromatic nitrogens is 3. The largest absolute Gasteiger partial charge is 0.333 e. The Morgan fingerprint density at radius 2 is 1.76 bits per heavy atom. The summed E-state index contributed by atoms with van der Waals surface area (Å²) in [4.78, 5) is 31.3. The van der Waals surface area contributed by atoms with E-state index in [1.807, 2.05) is 6.07 Å². The molecule has 9 nitrogen and oxygen atoms in total. The SMILES string of the molecule is O=C(Nc1ccccc1-c1nc(-c2ccccn2)no1)c1ccc([N+](=O)[O-])cc1. The molecule has 0 saturated heterocycles. The molecule has 0 unspecified atom stereocenters. The highest BCUT2D eigenvalue weighted by molar-refractivity contribution is 6.06. The second-order valence-electron chi connectivity index (χ2n) is 5.94. The second kappa shape index (κ2) is 7.69. The number of non-ortho nitro benzene ring substituents is 1. The van der Waals surface area contributed by atoms with E-state index in [-0.39, 0.29) is 17.1 Å². The number of anilines is 1. The number of amides is 1. The van der Waals surface area contributed by atoms with E-state index in [0.29, 0.717) is 22.8 Å². The van der Waals surface area contributed by atoms with E-state index < -0.39 is 10.8 Å². The molecule has 2 heterocycles. The molecule has 142 valence electrons. The highest BCUT2D eigenvalue weighted by atomic mass is 16.6. The summed E-state index contributed by atoms with van der Waals surface area (Å²) in [5.74, 6) is 0.138. The van der Waals surface area contributed by atoms with E-state index in [1.54, 1.807) is 42.6 Å². The Morgan fingerprint density at radius 1 is 1.00 bits per heavy atom. The monoisotopic (exact) mass is 387 g/mol. The molecule has 9 heteroatoms. The van der Waals surface area contributed by atoms with Gasteiger partial charge in [0.1, 0.15) is 5.69 Å². The summed E-state index contributed by atoms with van der Waals surface area (Å²) in [7, 11) is 0. The van der Waals surface area contributed by atoms with Crippen molar-refractivity contribution in [3.05, 3.63) is 88.6 Å². The fourth-order valence-corrected chi connectivity index (χ4v) is 2.64. The first-order valence-electron chi connectivity index (χ1n) is 8.52. The van der Waals surface area contributed by atoms with Crippen LogP contribution in [0.25, 0.3) is 23.0 Å². The van der Waals surface area contributed by atoms with Crippen LogP contribution in [0.5, 0.6) is 0 Å². The van der Waals surface area contributed by atoms with Crippen molar-refractivity contribution in [2.75, 3.05) is 5.32 Å². The zero-order chi connectivity index (χ0) is 20.2. The number of nitrogens with zero attached hydrogens (tertiary/aromatic N) is 4. The maximum Gasteiger partial charge on any atom is 0.269 e. The molecule has 0 saturated carbocycles. The number of rotatable bonds is 5. The molecule has 0 bridgehead atoms. The van der Waals surface area contributed by atoms with Gasteiger partial charge in [0.2, 0.25) is 5.82 Å². The predicted octanol–water partition coefficient (Wildman–Crippen LogP) is 3.96. The van der Waals surface area contributed by atoms with Gasteiger partial charge in [0.25, 0.3) is 17.5 Å². The second-order valence-corrected chi connectivity index (χ2v) is 5.94. The number of nitro groups is 1. The number of hydrogen-bond acceptors (Lipinski definition) is 7. The Kier molecular flexibility index (Phi) is 4.77. The number of nitro benzene ring substituents is 1. The van der Waals surface area contributed by atoms with Gasteiger partial charge in [0.15, 0.2) is 0 Å². The minimum absolute atomic E-state index is 0.0881. The van der Waals surface area contributed by atoms with E-state index in [1.165, 1.54) is 24.3 Å². The molecule has 2 aromatic heterocycles. The van der Waals surface area contributed by atoms with Crippen LogP contribution in [0.1, 0.15) is 10.4 Å². The van der Waals surface area contributed by atoms with Gasteiger partial charge in [-0.15, -0.1) is 0 Å². The van der Waals surface area contributed by atoms with Crippen LogP contribution in [0.4, 0.5) is 11.4 Å². The van der Waals surface area contributed by atoms with Crippen molar-refractivity contribution in [3.8, 4) is 23.0 Å². The summed E-state index contributed by atoms with van der Waals surface area (Å²) in [5.41, 5.74) is 1.76. The van der Waals surface area contributed by atoms with E-state index in [0.717, 1.165) is 0 Å². The number of pyridine rings is 1. The molecular formula is C20H13N5O4. The highest BCUT2D eigenvalue weighted by Crippen LogP contribution is 2.28. The zero-order valence-corrected chi connectivity index (χ0v) is 14.9. The number of nitrogens with one attached hydrogen (secondary N) is 1. The Labute approximate surface area is 164 Å². The fourth-order valence-electron chi connectivity index (χ4n) is 2.64. The van der Waals surface area contributed by atoms with Crippen LogP contribution in [0.3, 0.4) is 0 Å². The van der Waals surface area contributed by atoms with Crippen LogP contribution in [-0.4, -0.2) is 26.0 Å². The third-order valence-corrected chi connectivity index (χ3v) is 4.07. The molecule has 0 fully saturated rings. The number of benzene rings is 2. The maximum atomic E-state index is 12.5. The van der Waals surface area contributed by atoms with Crippen molar-refractivity contribution in [2.24, 2.45) is 0 Å². The first-order chi connectivity index (χ1) is 14.1. The molecule has 0 radical (unpaired) electrons. The van der Waals surface area contributed by atoms with Crippen molar-refractivity contribution in [1.82, 2.24) is 15.1 Å². The molecule has 1 amide bonds. The fraction of sp³-hybridized carbons (Fsp3) is 0. The summed E-state index contributed by atoms with van der Waals surface area (Å²) in [6.07, 6.45) is 1.63. The summed E-state index contributed by atoms with van der Waals surface area (Å²) in [6, 6.07) is 17.7. The normalized spacial score (nSPS) is 10.5. The topological polar surface area (TPSA) is 124 Å². The summed E-state index contributed by atoms with van der Waals surface area (Å²) >= 11 is 0. The van der Waals surface area contributed by atoms with Crippen LogP contribution in [0.2, 0.25) is 0 Å². The van der Waals surface area contributed by atoms with Crippen LogP contribution in [0.15, 0.2) is 77.4 Å². The van der Waals surface area contributed by atoms with Crippen molar-refractivity contribution in [3.63, 3.8) is 0 Å². The number of carbonyl (C=O) groups excluding carboxylic acids is 1. The molecule has 1 N–H and O–H groups in total. The van der Waals surface area contributed by atoms with Crippen molar-refractivity contribution in [1.29, 1.82) is 0 Å². The van der Waals surface area contributed by atoms with Gasteiger partial charge in [-0.2, -0.15) is 4.98 Å². The van der Waals surface area contributed by atoms with Gasteiger partial charge in [-0.3, -0.25) is 19.9 Å². The Morgan fingerprint density at radius 3 is 2.48 bits per heavy atom. The molecule has 0 spiro atoms. The smallest absolute Gasteiger partial charge is 0.269 e. The average Bonchev–Trinajstić information content (AvgIpc) is 3.25. The lowest BCUT2D eigenvalue weighted by Crippen LogP contribution is -2.12. The molecule has 2 aromatic carbocycles. The Balaban J connectivity index is 1.60. The van der Waals surface area contributed by atoms with E-state index in [9.17, 15) is 14.9 Å². The van der Waals surface area contributed by atoms with Crippen LogP contribution in [-0.2, 0) is 0 Å². The number of hydrogen-bond donors (Lipinski definition) is 1. The lowest BCUT2D eigenvalue weighted by atomic mass is 10.1. The average molecular weight is 387 g/mol. The van der Waals surface area contributed by atoms with Gasteiger partial charge in [-0.25, -0.2) is 0 Å². The lowest BCUT2D eigenvalue weighted by Gasteiger charge is -2.08. The van der Waals surface area contributed by atoms with Gasteiger partial charge < -0.3 is 9.84 Å². The van der Waals surface area contributed by atoms with Crippen molar-refractivity contribution in [2.45, 2.75) is 0 Å². The third kappa shape index (κ3) is 3.83. The van der Waals surface area contributed by atoms with E-state index >= 15 is 0 Å². The van der Waals surface area contributed by atoms with Gasteiger partial charge in [-0.05, 0) is 36.4 Å². The molecule has 0 aliphatic heterocycles. The van der Waals surface area contributed by atoms with Gasteiger partial charge >= 0.3 is 0 Å². The first-order valence-corrected chi connectivity index (χ1v) is 8.52. The van der Waals surface area contributed by atoms with Crippen LogP contribution >= 0.6 is 0 Å². The molecular weight excluding hydrogens is 374 g/mol. The Hall–Kier alpha value is -4.40. The van der Waals surface area contributed by atoms with Crippen LogP contribution < -0.4 is 5.32 Å². The quantitative estimate of drug-likeness (QED) is 0.406. The molecule has 29 heavy (non-hydrogen) atoms. The maximum absolute atomic E-state index is 12.5. The molecule has 4 aromatic rings. The predicted molar refractivity (Wildman–Crippen MR) is 104 cm³/mol. The third-order valence-electron chi connectivity index (χ3n) is 4.07. The van der Waals surface area contributed by atoms with Crippen molar-refractivity contribution >= 4 is 17.3 Å². The van der Waals surface area contributed by atoms with Gasteiger partial charge in [0.05, 0.1) is 16.2 Å². The number of para-hydroxylation sites is 1. The summed E-state index contributed by atoms with van der Waals surface area (Å²) < 4.78 is 5.35. The zero-order valence-electron chi connectivity index (χ0n) is 14.9. The lowest BCUT2D eigenvalue weighted by molar-refractivity contribution is -0.384. The first kappa shape index (κ1) is 18.0. The molecule has 0 aliphatic rings. The van der Waals surface area contributed by atoms with Gasteiger partial charge in [0, 0.05) is 23.9 Å². The number of carbonyl (C=O) groups is 1. The molecule has 4 rings (SSSR count). The van der Waals surface area contributed by atoms with E-state index in [4.69, 9.17) is 4.52 Å².